The highest BCUT2D eigenvalue weighted by Crippen LogP contribution is 2.31. The van der Waals surface area contributed by atoms with Gasteiger partial charge in [0.1, 0.15) is 11.5 Å². The third kappa shape index (κ3) is 5.46. The van der Waals surface area contributed by atoms with Crippen molar-refractivity contribution in [2.75, 3.05) is 25.7 Å². The molecule has 26 heavy (non-hydrogen) atoms. The van der Waals surface area contributed by atoms with Crippen molar-refractivity contribution in [3.8, 4) is 11.5 Å². The molecule has 0 amide bonds. The van der Waals surface area contributed by atoms with Crippen molar-refractivity contribution in [3.05, 3.63) is 35.9 Å². The highest BCUT2D eigenvalue weighted by atomic mass is 79.9. The van der Waals surface area contributed by atoms with E-state index in [-0.39, 0.29) is 11.8 Å². The number of carbonyl (C=O) groups is 2. The molecule has 0 heterocycles. The lowest BCUT2D eigenvalue weighted by Crippen LogP contribution is -2.05. The smallest absolute Gasteiger partial charge is 0.305 e. The largest absolute Gasteiger partial charge is 0.494 e. The number of esters is 1. The first-order valence-corrected chi connectivity index (χ1v) is 9.65. The van der Waals surface area contributed by atoms with Crippen LogP contribution in [0.4, 0.5) is 0 Å². The van der Waals surface area contributed by atoms with Gasteiger partial charge in [0.15, 0.2) is 5.78 Å². The molecule has 0 aliphatic carbocycles. The molecular formula is C20H23BrO5. The number of ketones is 1. The van der Waals surface area contributed by atoms with Gasteiger partial charge in [-0.25, -0.2) is 0 Å². The standard InChI is InChI=1S/C20H23BrO5/c1-14(22)20-17-13-16(25-11-3-5-19(23)24-2)8-6-15(17)7-9-18(20)26-12-4-10-21/h6-9,13H,3-5,10-12H2,1-2H3. The fourth-order valence-corrected chi connectivity index (χ4v) is 2.83. The van der Waals surface area contributed by atoms with Crippen molar-refractivity contribution in [2.24, 2.45) is 0 Å². The van der Waals surface area contributed by atoms with Crippen molar-refractivity contribution in [2.45, 2.75) is 26.2 Å². The summed E-state index contributed by atoms with van der Waals surface area (Å²) in [6.45, 7) is 2.48. The van der Waals surface area contributed by atoms with Crippen molar-refractivity contribution in [1.82, 2.24) is 0 Å². The summed E-state index contributed by atoms with van der Waals surface area (Å²) in [5.41, 5.74) is 0.567. The van der Waals surface area contributed by atoms with Crippen LogP contribution >= 0.6 is 15.9 Å². The number of Topliss-reactive ketones (excluding diaryl/α,β-unsaturated/α-hetero) is 1. The molecule has 0 unspecified atom stereocenters. The van der Waals surface area contributed by atoms with Crippen LogP contribution in [0, 0.1) is 0 Å². The lowest BCUT2D eigenvalue weighted by Gasteiger charge is -2.13. The van der Waals surface area contributed by atoms with Crippen LogP contribution in [0.3, 0.4) is 0 Å². The van der Waals surface area contributed by atoms with E-state index < -0.39 is 0 Å². The second-order valence-corrected chi connectivity index (χ2v) is 6.59. The van der Waals surface area contributed by atoms with Gasteiger partial charge >= 0.3 is 5.97 Å². The Morgan fingerprint density at radius 3 is 2.46 bits per heavy atom. The Balaban J connectivity index is 2.20. The van der Waals surface area contributed by atoms with Crippen molar-refractivity contribution < 1.29 is 23.8 Å². The van der Waals surface area contributed by atoms with E-state index in [1.807, 2.05) is 30.3 Å². The molecule has 0 N–H and O–H groups in total. The van der Waals surface area contributed by atoms with Gasteiger partial charge in [0.05, 0.1) is 25.9 Å². The molecule has 0 saturated heterocycles. The molecule has 0 aliphatic heterocycles. The highest BCUT2D eigenvalue weighted by molar-refractivity contribution is 9.09. The van der Waals surface area contributed by atoms with E-state index in [9.17, 15) is 9.59 Å². The summed E-state index contributed by atoms with van der Waals surface area (Å²) in [6, 6.07) is 9.40. The Labute approximate surface area is 161 Å². The average molecular weight is 423 g/mol. The molecular weight excluding hydrogens is 400 g/mol. The van der Waals surface area contributed by atoms with Crippen LogP contribution in [-0.2, 0) is 9.53 Å². The zero-order valence-corrected chi connectivity index (χ0v) is 16.6. The first kappa shape index (κ1) is 20.2. The number of carbonyl (C=O) groups excluding carboxylic acids is 2. The summed E-state index contributed by atoms with van der Waals surface area (Å²) in [4.78, 5) is 23.3. The van der Waals surface area contributed by atoms with Crippen LogP contribution in [0.5, 0.6) is 11.5 Å². The number of hydrogen-bond acceptors (Lipinski definition) is 5. The zero-order chi connectivity index (χ0) is 18.9. The predicted octanol–water partition coefficient (Wildman–Crippen LogP) is 4.54. The van der Waals surface area contributed by atoms with Crippen LogP contribution in [-0.4, -0.2) is 37.4 Å². The lowest BCUT2D eigenvalue weighted by atomic mass is 10.0. The second kappa shape index (κ2) is 10.2. The lowest BCUT2D eigenvalue weighted by molar-refractivity contribution is -0.140. The van der Waals surface area contributed by atoms with E-state index in [1.54, 1.807) is 0 Å². The first-order chi connectivity index (χ1) is 12.6. The molecule has 0 aromatic heterocycles. The van der Waals surface area contributed by atoms with Crippen LogP contribution in [0.15, 0.2) is 30.3 Å². The predicted molar refractivity (Wildman–Crippen MR) is 105 cm³/mol. The zero-order valence-electron chi connectivity index (χ0n) is 15.0. The molecule has 0 fully saturated rings. The van der Waals surface area contributed by atoms with Gasteiger partial charge in [-0.3, -0.25) is 9.59 Å². The Bertz CT molecular complexity index is 772. The van der Waals surface area contributed by atoms with Gasteiger partial charge in [-0.05, 0) is 48.7 Å². The maximum absolute atomic E-state index is 12.2. The van der Waals surface area contributed by atoms with E-state index in [4.69, 9.17) is 9.47 Å². The van der Waals surface area contributed by atoms with Crippen LogP contribution in [0.25, 0.3) is 10.8 Å². The van der Waals surface area contributed by atoms with Crippen LogP contribution in [0.1, 0.15) is 36.5 Å². The molecule has 2 aromatic carbocycles. The average Bonchev–Trinajstić information content (AvgIpc) is 2.64. The van der Waals surface area contributed by atoms with Gasteiger partial charge in [-0.1, -0.05) is 28.1 Å². The van der Waals surface area contributed by atoms with E-state index >= 15 is 0 Å². The minimum atomic E-state index is -0.253. The number of fused-ring (bicyclic) bond motifs is 1. The number of alkyl halides is 1. The number of rotatable bonds is 10. The SMILES string of the molecule is COC(=O)CCCOc1ccc2ccc(OCCCBr)c(C(C)=O)c2c1. The maximum Gasteiger partial charge on any atom is 0.305 e. The third-order valence-electron chi connectivity index (χ3n) is 3.86. The van der Waals surface area contributed by atoms with Gasteiger partial charge < -0.3 is 14.2 Å². The summed E-state index contributed by atoms with van der Waals surface area (Å²) in [5.74, 6) is 0.944. The molecule has 0 bridgehead atoms. The van der Waals surface area contributed by atoms with Gasteiger partial charge in [0, 0.05) is 11.8 Å². The van der Waals surface area contributed by atoms with E-state index in [2.05, 4.69) is 20.7 Å². The fourth-order valence-electron chi connectivity index (χ4n) is 2.60. The Morgan fingerprint density at radius 1 is 1.04 bits per heavy atom. The highest BCUT2D eigenvalue weighted by Gasteiger charge is 2.14. The number of hydrogen-bond donors (Lipinski definition) is 0. The number of benzene rings is 2. The second-order valence-electron chi connectivity index (χ2n) is 5.80. The summed E-state index contributed by atoms with van der Waals surface area (Å²) in [5, 5.41) is 2.60. The molecule has 5 nitrogen and oxygen atoms in total. The van der Waals surface area contributed by atoms with Gasteiger partial charge in [0.25, 0.3) is 0 Å². The normalized spacial score (nSPS) is 10.6. The Kier molecular flexibility index (Phi) is 7.91. The fraction of sp³-hybridized carbons (Fsp3) is 0.400. The summed E-state index contributed by atoms with van der Waals surface area (Å²) in [6.07, 6.45) is 1.74. The van der Waals surface area contributed by atoms with Gasteiger partial charge in [-0.15, -0.1) is 0 Å². The van der Waals surface area contributed by atoms with E-state index in [1.165, 1.54) is 14.0 Å². The molecule has 0 atom stereocenters. The monoisotopic (exact) mass is 422 g/mol. The molecule has 6 heteroatoms. The summed E-state index contributed by atoms with van der Waals surface area (Å²) in [7, 11) is 1.37. The van der Waals surface area contributed by atoms with E-state index in [0.29, 0.717) is 43.1 Å². The maximum atomic E-state index is 12.2. The molecule has 0 saturated carbocycles. The molecule has 2 rings (SSSR count). The first-order valence-electron chi connectivity index (χ1n) is 8.53. The van der Waals surface area contributed by atoms with Crippen molar-refractivity contribution >= 4 is 38.5 Å². The topological polar surface area (TPSA) is 61.8 Å². The summed E-state index contributed by atoms with van der Waals surface area (Å²) < 4.78 is 16.1. The molecule has 140 valence electrons. The quantitative estimate of drug-likeness (QED) is 0.243. The minimum absolute atomic E-state index is 0.0488. The molecule has 0 spiro atoms. The van der Waals surface area contributed by atoms with Crippen LogP contribution < -0.4 is 9.47 Å². The van der Waals surface area contributed by atoms with Crippen LogP contribution in [0.2, 0.25) is 0 Å². The van der Waals surface area contributed by atoms with Gasteiger partial charge in [-0.2, -0.15) is 0 Å². The number of methoxy groups -OCH3 is 1. The molecule has 0 aliphatic rings. The minimum Gasteiger partial charge on any atom is -0.494 e. The molecule has 0 radical (unpaired) electrons. The van der Waals surface area contributed by atoms with Crippen molar-refractivity contribution in [1.29, 1.82) is 0 Å². The van der Waals surface area contributed by atoms with Crippen molar-refractivity contribution in [3.63, 3.8) is 0 Å². The number of halogens is 1. The summed E-state index contributed by atoms with van der Waals surface area (Å²) >= 11 is 3.37. The van der Waals surface area contributed by atoms with Gasteiger partial charge in [0.2, 0.25) is 0 Å². The van der Waals surface area contributed by atoms with E-state index in [0.717, 1.165) is 22.5 Å². The third-order valence-corrected chi connectivity index (χ3v) is 4.42. The molecule has 2 aromatic rings. The number of ether oxygens (including phenoxy) is 3. The Hall–Kier alpha value is -2.08. The Morgan fingerprint density at radius 2 is 1.77 bits per heavy atom.